The molecule has 2 rings (SSSR count). The highest BCUT2D eigenvalue weighted by Gasteiger charge is 2.09. The average molecular weight is 274 g/mol. The third-order valence-corrected chi connectivity index (χ3v) is 3.34. The van der Waals surface area contributed by atoms with Crippen LogP contribution in [0.3, 0.4) is 0 Å². The maximum Gasteiger partial charge on any atom is 0.271 e. The predicted molar refractivity (Wildman–Crippen MR) is 74.6 cm³/mol. The first-order chi connectivity index (χ1) is 9.20. The first-order valence-corrected chi connectivity index (χ1v) is 6.60. The van der Waals surface area contributed by atoms with Gasteiger partial charge in [0, 0.05) is 23.7 Å². The van der Waals surface area contributed by atoms with Crippen LogP contribution in [-0.2, 0) is 13.6 Å². The number of hydrogen-bond donors (Lipinski definition) is 2. The first-order valence-electron chi connectivity index (χ1n) is 5.72. The van der Waals surface area contributed by atoms with Crippen LogP contribution in [0.15, 0.2) is 24.0 Å². The largest absolute Gasteiger partial charge is 0.346 e. The molecule has 0 aliphatic rings. The molecule has 5 nitrogen and oxygen atoms in total. The fourth-order valence-corrected chi connectivity index (χ4v) is 2.29. The van der Waals surface area contributed by atoms with E-state index in [0.717, 1.165) is 10.4 Å². The Balaban J connectivity index is 1.99. The zero-order chi connectivity index (χ0) is 13.7. The summed E-state index contributed by atoms with van der Waals surface area (Å²) in [4.78, 5) is 16.9. The summed E-state index contributed by atoms with van der Waals surface area (Å²) in [5, 5.41) is 4.78. The van der Waals surface area contributed by atoms with Crippen LogP contribution in [0.5, 0.6) is 0 Å². The molecule has 2 aromatic heterocycles. The zero-order valence-electron chi connectivity index (χ0n) is 10.5. The zero-order valence-corrected chi connectivity index (χ0v) is 11.3. The molecule has 98 valence electrons. The third kappa shape index (κ3) is 3.44. The Morgan fingerprint density at radius 3 is 3.16 bits per heavy atom. The van der Waals surface area contributed by atoms with E-state index in [0.29, 0.717) is 18.8 Å². The Kier molecular flexibility index (Phi) is 4.34. The lowest BCUT2D eigenvalue weighted by molar-refractivity contribution is 0.0946. The molecule has 2 aromatic rings. The van der Waals surface area contributed by atoms with Crippen molar-refractivity contribution in [2.24, 2.45) is 12.8 Å². The number of carbonyl (C=O) groups is 1. The van der Waals surface area contributed by atoms with Crippen LogP contribution in [0.4, 0.5) is 0 Å². The van der Waals surface area contributed by atoms with Crippen molar-refractivity contribution in [1.29, 1.82) is 0 Å². The van der Waals surface area contributed by atoms with Crippen molar-refractivity contribution in [2.75, 3.05) is 6.54 Å². The van der Waals surface area contributed by atoms with E-state index in [2.05, 4.69) is 22.1 Å². The Morgan fingerprint density at radius 1 is 1.63 bits per heavy atom. The Morgan fingerprint density at radius 2 is 2.47 bits per heavy atom. The molecule has 0 fully saturated rings. The van der Waals surface area contributed by atoms with Crippen molar-refractivity contribution in [1.82, 2.24) is 14.9 Å². The van der Waals surface area contributed by atoms with E-state index in [1.54, 1.807) is 28.4 Å². The summed E-state index contributed by atoms with van der Waals surface area (Å²) in [5.41, 5.74) is 6.67. The van der Waals surface area contributed by atoms with Gasteiger partial charge in [0.25, 0.3) is 5.91 Å². The minimum absolute atomic E-state index is 0.188. The molecule has 2 heterocycles. The third-order valence-electron chi connectivity index (χ3n) is 2.42. The maximum atomic E-state index is 11.8. The summed E-state index contributed by atoms with van der Waals surface area (Å²) in [6, 6.07) is 1.93. The van der Waals surface area contributed by atoms with Gasteiger partial charge in [-0.25, -0.2) is 4.98 Å². The summed E-state index contributed by atoms with van der Waals surface area (Å²) < 4.78 is 1.73. The number of hydrogen-bond acceptors (Lipinski definition) is 4. The van der Waals surface area contributed by atoms with E-state index >= 15 is 0 Å². The van der Waals surface area contributed by atoms with Crippen LogP contribution < -0.4 is 11.1 Å². The van der Waals surface area contributed by atoms with Gasteiger partial charge in [0.15, 0.2) is 0 Å². The molecule has 0 radical (unpaired) electrons. The molecular formula is C13H14N4OS. The van der Waals surface area contributed by atoms with Gasteiger partial charge in [-0.2, -0.15) is 0 Å². The summed E-state index contributed by atoms with van der Waals surface area (Å²) >= 11 is 1.56. The summed E-state index contributed by atoms with van der Waals surface area (Å²) in [7, 11) is 1.82. The van der Waals surface area contributed by atoms with Gasteiger partial charge in [0.1, 0.15) is 5.69 Å². The Hall–Kier alpha value is -2.10. The van der Waals surface area contributed by atoms with E-state index in [1.165, 1.54) is 0 Å². The lowest BCUT2D eigenvalue weighted by Crippen LogP contribution is -2.23. The normalized spacial score (nSPS) is 9.79. The van der Waals surface area contributed by atoms with Crippen LogP contribution in [0.2, 0.25) is 0 Å². The number of imidazole rings is 1. The fraction of sp³-hybridized carbons (Fsp3) is 0.231. The Bertz CT molecular complexity index is 632. The van der Waals surface area contributed by atoms with Gasteiger partial charge in [-0.15, -0.1) is 11.3 Å². The highest BCUT2D eigenvalue weighted by molar-refractivity contribution is 7.10. The number of amides is 1. The second-order valence-corrected chi connectivity index (χ2v) is 4.87. The predicted octanol–water partition coefficient (Wildman–Crippen LogP) is 0.722. The number of aryl methyl sites for hydroxylation is 1. The van der Waals surface area contributed by atoms with Gasteiger partial charge in [0.2, 0.25) is 0 Å². The highest BCUT2D eigenvalue weighted by Crippen LogP contribution is 2.15. The van der Waals surface area contributed by atoms with Crippen molar-refractivity contribution in [3.8, 4) is 11.8 Å². The number of nitrogens with zero attached hydrogens (tertiary/aromatic N) is 2. The second kappa shape index (κ2) is 6.18. The smallest absolute Gasteiger partial charge is 0.271 e. The van der Waals surface area contributed by atoms with E-state index < -0.39 is 0 Å². The SMILES string of the molecule is Cn1cnc(C(=O)NCc2sccc2C#CCN)c1. The lowest BCUT2D eigenvalue weighted by Gasteiger charge is -2.01. The molecule has 0 aliphatic carbocycles. The van der Waals surface area contributed by atoms with Crippen LogP contribution in [0, 0.1) is 11.8 Å². The minimum atomic E-state index is -0.188. The number of nitrogens with one attached hydrogen (secondary N) is 1. The molecule has 0 aliphatic heterocycles. The summed E-state index contributed by atoms with van der Waals surface area (Å²) in [5.74, 6) is 5.61. The molecule has 3 N–H and O–H groups in total. The van der Waals surface area contributed by atoms with E-state index in [1.807, 2.05) is 18.5 Å². The molecule has 0 unspecified atom stereocenters. The fourth-order valence-electron chi connectivity index (χ4n) is 1.52. The molecule has 0 saturated carbocycles. The van der Waals surface area contributed by atoms with Crippen molar-refractivity contribution in [2.45, 2.75) is 6.54 Å². The maximum absolute atomic E-state index is 11.8. The van der Waals surface area contributed by atoms with E-state index in [4.69, 9.17) is 5.73 Å². The van der Waals surface area contributed by atoms with Gasteiger partial charge in [-0.3, -0.25) is 4.79 Å². The Labute approximate surface area is 115 Å². The van der Waals surface area contributed by atoms with E-state index in [-0.39, 0.29) is 5.91 Å². The molecule has 0 saturated heterocycles. The lowest BCUT2D eigenvalue weighted by atomic mass is 10.2. The van der Waals surface area contributed by atoms with Crippen molar-refractivity contribution < 1.29 is 4.79 Å². The molecule has 0 spiro atoms. The van der Waals surface area contributed by atoms with E-state index in [9.17, 15) is 4.79 Å². The molecule has 6 heteroatoms. The number of thiophene rings is 1. The summed E-state index contributed by atoms with van der Waals surface area (Å²) in [6.07, 6.45) is 3.27. The highest BCUT2D eigenvalue weighted by atomic mass is 32.1. The molecule has 0 bridgehead atoms. The van der Waals surface area contributed by atoms with Crippen LogP contribution >= 0.6 is 11.3 Å². The second-order valence-electron chi connectivity index (χ2n) is 3.87. The molecule has 0 aromatic carbocycles. The van der Waals surface area contributed by atoms with Gasteiger partial charge >= 0.3 is 0 Å². The van der Waals surface area contributed by atoms with Crippen LogP contribution in [0.1, 0.15) is 20.9 Å². The van der Waals surface area contributed by atoms with Crippen molar-refractivity contribution >= 4 is 17.2 Å². The number of aromatic nitrogens is 2. The minimum Gasteiger partial charge on any atom is -0.346 e. The first kappa shape index (κ1) is 13.3. The molecule has 0 atom stereocenters. The van der Waals surface area contributed by atoms with Gasteiger partial charge < -0.3 is 15.6 Å². The van der Waals surface area contributed by atoms with Crippen molar-refractivity contribution in [3.05, 3.63) is 40.1 Å². The molecular weight excluding hydrogens is 260 g/mol. The molecule has 19 heavy (non-hydrogen) atoms. The van der Waals surface area contributed by atoms with Crippen LogP contribution in [-0.4, -0.2) is 22.0 Å². The summed E-state index contributed by atoms with van der Waals surface area (Å²) in [6.45, 7) is 0.775. The standard InChI is InChI=1S/C13H14N4OS/c1-17-8-11(16-9-17)13(18)15-7-12-10(3-2-5-14)4-6-19-12/h4,6,8-9H,5,7,14H2,1H3,(H,15,18). The monoisotopic (exact) mass is 274 g/mol. The van der Waals surface area contributed by atoms with Gasteiger partial charge in [-0.1, -0.05) is 11.8 Å². The van der Waals surface area contributed by atoms with Crippen molar-refractivity contribution in [3.63, 3.8) is 0 Å². The quantitative estimate of drug-likeness (QED) is 0.810. The molecule has 1 amide bonds. The average Bonchev–Trinajstić information content (AvgIpc) is 3.02. The number of carbonyl (C=O) groups excluding carboxylic acids is 1. The van der Waals surface area contributed by atoms with Crippen LogP contribution in [0.25, 0.3) is 0 Å². The van der Waals surface area contributed by atoms with Gasteiger partial charge in [0.05, 0.1) is 19.4 Å². The number of rotatable bonds is 3. The number of nitrogens with two attached hydrogens (primary N) is 1. The van der Waals surface area contributed by atoms with Gasteiger partial charge in [-0.05, 0) is 11.4 Å². The topological polar surface area (TPSA) is 72.9 Å².